The molecule has 3 aromatic rings. The molecule has 0 saturated heterocycles. The van der Waals surface area contributed by atoms with Crippen LogP contribution < -0.4 is 5.32 Å². The van der Waals surface area contributed by atoms with Gasteiger partial charge in [0.25, 0.3) is 5.91 Å². The van der Waals surface area contributed by atoms with Gasteiger partial charge in [0.15, 0.2) is 6.61 Å². The smallest absolute Gasteiger partial charge is 0.340 e. The molecule has 3 rings (SSSR count). The third-order valence-electron chi connectivity index (χ3n) is 3.94. The van der Waals surface area contributed by atoms with E-state index in [1.54, 1.807) is 0 Å². The molecule has 5 nitrogen and oxygen atoms in total. The fraction of sp³-hybridized carbons (Fsp3) is 0.0952. The summed E-state index contributed by atoms with van der Waals surface area (Å²) in [6, 6.07) is 20.1. The molecular formula is C21H16Cl2N2O3. The van der Waals surface area contributed by atoms with Gasteiger partial charge in [-0.25, -0.2) is 9.78 Å². The van der Waals surface area contributed by atoms with Crippen LogP contribution in [0.2, 0.25) is 10.2 Å². The van der Waals surface area contributed by atoms with Gasteiger partial charge in [0.05, 0.1) is 16.6 Å². The Hall–Kier alpha value is -2.89. The molecule has 0 radical (unpaired) electrons. The quantitative estimate of drug-likeness (QED) is 0.477. The largest absolute Gasteiger partial charge is 0.452 e. The average Bonchev–Trinajstić information content (AvgIpc) is 2.73. The summed E-state index contributed by atoms with van der Waals surface area (Å²) in [4.78, 5) is 28.3. The summed E-state index contributed by atoms with van der Waals surface area (Å²) in [6.45, 7) is -0.435. The van der Waals surface area contributed by atoms with Gasteiger partial charge in [-0.05, 0) is 17.2 Å². The number of halogens is 2. The highest BCUT2D eigenvalue weighted by Gasteiger charge is 2.18. The van der Waals surface area contributed by atoms with Crippen molar-refractivity contribution in [2.45, 2.75) is 6.04 Å². The normalized spacial score (nSPS) is 10.5. The molecule has 28 heavy (non-hydrogen) atoms. The Labute approximate surface area is 172 Å². The van der Waals surface area contributed by atoms with E-state index in [2.05, 4.69) is 10.3 Å². The molecule has 0 spiro atoms. The van der Waals surface area contributed by atoms with Gasteiger partial charge in [-0.2, -0.15) is 0 Å². The molecule has 0 bridgehead atoms. The Morgan fingerprint density at radius 2 is 1.54 bits per heavy atom. The van der Waals surface area contributed by atoms with Gasteiger partial charge in [-0.1, -0.05) is 83.9 Å². The lowest BCUT2D eigenvalue weighted by Crippen LogP contribution is -2.33. The Kier molecular flexibility index (Phi) is 6.63. The van der Waals surface area contributed by atoms with Gasteiger partial charge >= 0.3 is 5.97 Å². The number of carbonyl (C=O) groups is 2. The molecule has 0 unspecified atom stereocenters. The van der Waals surface area contributed by atoms with Gasteiger partial charge in [-0.15, -0.1) is 0 Å². The maximum Gasteiger partial charge on any atom is 0.340 e. The zero-order valence-electron chi connectivity index (χ0n) is 14.6. The number of rotatable bonds is 6. The summed E-state index contributed by atoms with van der Waals surface area (Å²) in [7, 11) is 0. The molecule has 1 amide bonds. The maximum atomic E-state index is 12.4. The highest BCUT2D eigenvalue weighted by Crippen LogP contribution is 2.22. The van der Waals surface area contributed by atoms with Crippen molar-refractivity contribution in [3.63, 3.8) is 0 Å². The summed E-state index contributed by atoms with van der Waals surface area (Å²) >= 11 is 11.6. The number of aromatic nitrogens is 1. The highest BCUT2D eigenvalue weighted by atomic mass is 35.5. The van der Waals surface area contributed by atoms with E-state index in [0.717, 1.165) is 11.1 Å². The molecule has 0 atom stereocenters. The van der Waals surface area contributed by atoms with Crippen LogP contribution in [0.4, 0.5) is 0 Å². The number of benzene rings is 2. The van der Waals surface area contributed by atoms with E-state index in [1.165, 1.54) is 12.3 Å². The van der Waals surface area contributed by atoms with Crippen molar-refractivity contribution in [1.29, 1.82) is 0 Å². The second-order valence-electron chi connectivity index (χ2n) is 5.89. The van der Waals surface area contributed by atoms with E-state index < -0.39 is 18.5 Å². The predicted molar refractivity (Wildman–Crippen MR) is 107 cm³/mol. The first-order valence-corrected chi connectivity index (χ1v) is 9.17. The van der Waals surface area contributed by atoms with Gasteiger partial charge in [-0.3, -0.25) is 4.79 Å². The van der Waals surface area contributed by atoms with Crippen molar-refractivity contribution in [3.05, 3.63) is 99.8 Å². The van der Waals surface area contributed by atoms with Crippen LogP contribution in [0.5, 0.6) is 0 Å². The summed E-state index contributed by atoms with van der Waals surface area (Å²) < 4.78 is 5.06. The molecular weight excluding hydrogens is 399 g/mol. The number of nitrogens with zero attached hydrogens (tertiary/aromatic N) is 1. The van der Waals surface area contributed by atoms with Crippen molar-refractivity contribution in [1.82, 2.24) is 10.3 Å². The Morgan fingerprint density at radius 1 is 0.964 bits per heavy atom. The summed E-state index contributed by atoms with van der Waals surface area (Å²) in [6.07, 6.45) is 1.24. The highest BCUT2D eigenvalue weighted by molar-refractivity contribution is 6.41. The second-order valence-corrected chi connectivity index (χ2v) is 6.66. The number of hydrogen-bond donors (Lipinski definition) is 1. The lowest BCUT2D eigenvalue weighted by atomic mass is 9.99. The number of ether oxygens (including phenoxy) is 1. The number of hydrogen-bond acceptors (Lipinski definition) is 4. The van der Waals surface area contributed by atoms with E-state index in [0.29, 0.717) is 0 Å². The van der Waals surface area contributed by atoms with Gasteiger partial charge in [0.2, 0.25) is 0 Å². The van der Waals surface area contributed by atoms with Gasteiger partial charge in [0.1, 0.15) is 5.15 Å². The van der Waals surface area contributed by atoms with Crippen LogP contribution in [-0.4, -0.2) is 23.5 Å². The molecule has 0 fully saturated rings. The van der Waals surface area contributed by atoms with Crippen LogP contribution in [-0.2, 0) is 9.53 Å². The Balaban J connectivity index is 1.67. The van der Waals surface area contributed by atoms with Crippen LogP contribution in [0.1, 0.15) is 27.5 Å². The minimum absolute atomic E-state index is 0.0875. The number of carbonyl (C=O) groups excluding carboxylic acids is 2. The summed E-state index contributed by atoms with van der Waals surface area (Å²) in [5.74, 6) is -1.14. The standard InChI is InChI=1S/C21H16Cl2N2O3/c22-17-11-16(12-24-20(17)23)21(27)28-13-18(26)25-19(14-7-3-1-4-8-14)15-9-5-2-6-10-15/h1-12,19H,13H2,(H,25,26). The van der Waals surface area contributed by atoms with Crippen molar-refractivity contribution >= 4 is 35.1 Å². The van der Waals surface area contributed by atoms with Gasteiger partial charge < -0.3 is 10.1 Å². The van der Waals surface area contributed by atoms with E-state index in [1.807, 2.05) is 60.7 Å². The van der Waals surface area contributed by atoms with Crippen LogP contribution in [0, 0.1) is 0 Å². The maximum absolute atomic E-state index is 12.4. The van der Waals surface area contributed by atoms with E-state index in [-0.39, 0.29) is 21.8 Å². The molecule has 1 aromatic heterocycles. The first kappa shape index (κ1) is 19.9. The summed E-state index contributed by atoms with van der Waals surface area (Å²) in [5.41, 5.74) is 1.95. The third-order valence-corrected chi connectivity index (χ3v) is 4.62. The monoisotopic (exact) mass is 414 g/mol. The number of esters is 1. The third kappa shape index (κ3) is 5.09. The molecule has 1 heterocycles. The van der Waals surface area contributed by atoms with Crippen molar-refractivity contribution in [2.24, 2.45) is 0 Å². The molecule has 0 saturated carbocycles. The average molecular weight is 415 g/mol. The number of amides is 1. The Bertz CT molecular complexity index is 926. The van der Waals surface area contributed by atoms with Crippen molar-refractivity contribution in [2.75, 3.05) is 6.61 Å². The lowest BCUT2D eigenvalue weighted by Gasteiger charge is -2.20. The number of pyridine rings is 1. The predicted octanol–water partition coefficient (Wildman–Crippen LogP) is 4.45. The molecule has 0 aliphatic carbocycles. The molecule has 2 aromatic carbocycles. The molecule has 1 N–H and O–H groups in total. The van der Waals surface area contributed by atoms with Gasteiger partial charge in [0, 0.05) is 6.20 Å². The topological polar surface area (TPSA) is 68.3 Å². The van der Waals surface area contributed by atoms with Crippen LogP contribution in [0.15, 0.2) is 72.9 Å². The van der Waals surface area contributed by atoms with Crippen LogP contribution in [0.3, 0.4) is 0 Å². The second kappa shape index (κ2) is 9.35. The SMILES string of the molecule is O=C(COC(=O)c1cnc(Cl)c(Cl)c1)NC(c1ccccc1)c1ccccc1. The summed E-state index contributed by atoms with van der Waals surface area (Å²) in [5, 5.41) is 3.12. The fourth-order valence-corrected chi connectivity index (χ4v) is 2.87. The van der Waals surface area contributed by atoms with Crippen LogP contribution in [0.25, 0.3) is 0 Å². The van der Waals surface area contributed by atoms with Crippen molar-refractivity contribution in [3.8, 4) is 0 Å². The molecule has 142 valence electrons. The zero-order valence-corrected chi connectivity index (χ0v) is 16.2. The molecule has 0 aliphatic rings. The first-order valence-electron chi connectivity index (χ1n) is 8.42. The minimum atomic E-state index is -0.711. The van der Waals surface area contributed by atoms with Crippen molar-refractivity contribution < 1.29 is 14.3 Å². The lowest BCUT2D eigenvalue weighted by molar-refractivity contribution is -0.124. The molecule has 0 aliphatic heterocycles. The van der Waals surface area contributed by atoms with Crippen LogP contribution >= 0.6 is 23.2 Å². The van der Waals surface area contributed by atoms with E-state index >= 15 is 0 Å². The van der Waals surface area contributed by atoms with E-state index in [4.69, 9.17) is 27.9 Å². The zero-order chi connectivity index (χ0) is 19.9. The van der Waals surface area contributed by atoms with E-state index in [9.17, 15) is 9.59 Å². The minimum Gasteiger partial charge on any atom is -0.452 e. The fourth-order valence-electron chi connectivity index (χ4n) is 2.60. The Morgan fingerprint density at radius 3 is 2.07 bits per heavy atom. The molecule has 7 heteroatoms. The first-order chi connectivity index (χ1) is 13.5. The number of nitrogens with one attached hydrogen (secondary N) is 1.